The van der Waals surface area contributed by atoms with Gasteiger partial charge in [0.15, 0.2) is 5.03 Å². The summed E-state index contributed by atoms with van der Waals surface area (Å²) < 4.78 is 31.7. The standard InChI is InChI=1S/C21H20ClN3O5S/c1-13-4-6-15(7-5-13)31(28,29)20-8-9-21(27)25(24-20)12-19(26)23-17-10-14(2)16(22)11-18(17)30-3/h4-11H,12H2,1-3H3,(H,23,26). The van der Waals surface area contributed by atoms with Crippen LogP contribution in [0.5, 0.6) is 5.75 Å². The summed E-state index contributed by atoms with van der Waals surface area (Å²) in [4.78, 5) is 24.7. The number of carbonyl (C=O) groups excluding carboxylic acids is 1. The minimum absolute atomic E-state index is 0.0432. The van der Waals surface area contributed by atoms with Crippen molar-refractivity contribution in [3.63, 3.8) is 0 Å². The van der Waals surface area contributed by atoms with E-state index in [1.54, 1.807) is 31.2 Å². The van der Waals surface area contributed by atoms with Gasteiger partial charge in [-0.3, -0.25) is 9.59 Å². The van der Waals surface area contributed by atoms with Gasteiger partial charge in [0.05, 0.1) is 17.7 Å². The third-order valence-corrected chi connectivity index (χ3v) is 6.57. The molecule has 0 aliphatic heterocycles. The number of nitrogens with one attached hydrogen (secondary N) is 1. The minimum atomic E-state index is -3.95. The molecule has 31 heavy (non-hydrogen) atoms. The second-order valence-corrected chi connectivity index (χ2v) is 9.14. The molecule has 162 valence electrons. The molecular weight excluding hydrogens is 442 g/mol. The summed E-state index contributed by atoms with van der Waals surface area (Å²) in [6.07, 6.45) is 0. The van der Waals surface area contributed by atoms with Gasteiger partial charge in [-0.15, -0.1) is 0 Å². The Morgan fingerprint density at radius 3 is 2.45 bits per heavy atom. The quantitative estimate of drug-likeness (QED) is 0.604. The monoisotopic (exact) mass is 461 g/mol. The highest BCUT2D eigenvalue weighted by molar-refractivity contribution is 7.91. The molecule has 0 spiro atoms. The van der Waals surface area contributed by atoms with Crippen LogP contribution in [0.1, 0.15) is 11.1 Å². The zero-order chi connectivity index (χ0) is 22.8. The molecule has 0 fully saturated rings. The maximum Gasteiger partial charge on any atom is 0.267 e. The van der Waals surface area contributed by atoms with E-state index in [9.17, 15) is 18.0 Å². The topological polar surface area (TPSA) is 107 Å². The number of hydrogen-bond donors (Lipinski definition) is 1. The third-order valence-electron chi connectivity index (χ3n) is 4.50. The van der Waals surface area contributed by atoms with Crippen LogP contribution in [-0.4, -0.2) is 31.2 Å². The maximum atomic E-state index is 12.8. The molecular formula is C21H20ClN3O5S. The van der Waals surface area contributed by atoms with Crippen LogP contribution in [-0.2, 0) is 21.2 Å². The van der Waals surface area contributed by atoms with Crippen molar-refractivity contribution in [3.8, 4) is 5.75 Å². The molecule has 2 aromatic carbocycles. The average molecular weight is 462 g/mol. The summed E-state index contributed by atoms with van der Waals surface area (Å²) in [6, 6.07) is 11.6. The third kappa shape index (κ3) is 4.95. The molecule has 3 aromatic rings. The molecule has 0 bridgehead atoms. The van der Waals surface area contributed by atoms with E-state index in [0.717, 1.165) is 27.9 Å². The summed E-state index contributed by atoms with van der Waals surface area (Å²) in [5.41, 5.74) is 1.38. The Morgan fingerprint density at radius 2 is 1.81 bits per heavy atom. The van der Waals surface area contributed by atoms with Crippen molar-refractivity contribution in [3.05, 3.63) is 75.0 Å². The number of aromatic nitrogens is 2. The fourth-order valence-electron chi connectivity index (χ4n) is 2.78. The number of hydrogen-bond acceptors (Lipinski definition) is 6. The number of amides is 1. The van der Waals surface area contributed by atoms with Crippen molar-refractivity contribution in [1.29, 1.82) is 0 Å². The Kier molecular flexibility index (Phi) is 6.47. The molecule has 1 N–H and O–H groups in total. The average Bonchev–Trinajstić information content (AvgIpc) is 2.72. The molecule has 0 aliphatic carbocycles. The lowest BCUT2D eigenvalue weighted by molar-refractivity contribution is -0.117. The second-order valence-electron chi connectivity index (χ2n) is 6.83. The van der Waals surface area contributed by atoms with Crippen LogP contribution in [0, 0.1) is 13.8 Å². The number of halogens is 1. The van der Waals surface area contributed by atoms with E-state index in [2.05, 4.69) is 10.4 Å². The summed E-state index contributed by atoms with van der Waals surface area (Å²) in [5.74, 6) is -0.237. The first-order valence-corrected chi connectivity index (χ1v) is 11.0. The van der Waals surface area contributed by atoms with Crippen LogP contribution in [0.2, 0.25) is 5.02 Å². The number of benzene rings is 2. The number of sulfone groups is 1. The lowest BCUT2D eigenvalue weighted by Gasteiger charge is -2.13. The van der Waals surface area contributed by atoms with Gasteiger partial charge >= 0.3 is 0 Å². The number of nitrogens with zero attached hydrogens (tertiary/aromatic N) is 2. The highest BCUT2D eigenvalue weighted by Gasteiger charge is 2.21. The Labute approximate surface area is 184 Å². The number of aryl methyl sites for hydroxylation is 2. The minimum Gasteiger partial charge on any atom is -0.495 e. The lowest BCUT2D eigenvalue weighted by Crippen LogP contribution is -2.30. The van der Waals surface area contributed by atoms with Crippen molar-refractivity contribution >= 4 is 33.0 Å². The van der Waals surface area contributed by atoms with Crippen molar-refractivity contribution < 1.29 is 17.9 Å². The van der Waals surface area contributed by atoms with Crippen molar-refractivity contribution in [2.75, 3.05) is 12.4 Å². The Hall–Kier alpha value is -3.17. The summed E-state index contributed by atoms with van der Waals surface area (Å²) >= 11 is 6.07. The molecule has 10 heteroatoms. The van der Waals surface area contributed by atoms with E-state index in [1.165, 1.54) is 19.2 Å². The number of anilines is 1. The molecule has 1 amide bonds. The van der Waals surface area contributed by atoms with Crippen LogP contribution in [0.3, 0.4) is 0 Å². The van der Waals surface area contributed by atoms with E-state index in [1.807, 2.05) is 6.92 Å². The van der Waals surface area contributed by atoms with Crippen LogP contribution >= 0.6 is 11.6 Å². The van der Waals surface area contributed by atoms with Gasteiger partial charge in [-0.25, -0.2) is 13.1 Å². The Balaban J connectivity index is 1.88. The molecule has 0 atom stereocenters. The first-order valence-electron chi connectivity index (χ1n) is 9.15. The highest BCUT2D eigenvalue weighted by atomic mass is 35.5. The number of carbonyl (C=O) groups is 1. The molecule has 8 nitrogen and oxygen atoms in total. The Bertz CT molecular complexity index is 1300. The van der Waals surface area contributed by atoms with Crippen molar-refractivity contribution in [2.24, 2.45) is 0 Å². The summed E-state index contributed by atoms with van der Waals surface area (Å²) in [6.45, 7) is 3.12. The fourth-order valence-corrected chi connectivity index (χ4v) is 4.12. The zero-order valence-corrected chi connectivity index (χ0v) is 18.6. The molecule has 1 heterocycles. The van der Waals surface area contributed by atoms with E-state index in [4.69, 9.17) is 16.3 Å². The summed E-state index contributed by atoms with van der Waals surface area (Å²) in [7, 11) is -2.52. The Morgan fingerprint density at radius 1 is 1.13 bits per heavy atom. The molecule has 0 radical (unpaired) electrons. The van der Waals surface area contributed by atoms with Gasteiger partial charge in [0.2, 0.25) is 15.7 Å². The highest BCUT2D eigenvalue weighted by Crippen LogP contribution is 2.30. The van der Waals surface area contributed by atoms with E-state index in [0.29, 0.717) is 16.5 Å². The van der Waals surface area contributed by atoms with Gasteiger partial charge in [0.25, 0.3) is 5.56 Å². The normalized spacial score (nSPS) is 11.2. The van der Waals surface area contributed by atoms with E-state index in [-0.39, 0.29) is 9.92 Å². The number of rotatable bonds is 6. The van der Waals surface area contributed by atoms with Gasteiger partial charge in [-0.1, -0.05) is 29.3 Å². The van der Waals surface area contributed by atoms with Gasteiger partial charge < -0.3 is 10.1 Å². The van der Waals surface area contributed by atoms with Gasteiger partial charge in [-0.2, -0.15) is 5.10 Å². The largest absolute Gasteiger partial charge is 0.495 e. The molecule has 1 aromatic heterocycles. The summed E-state index contributed by atoms with van der Waals surface area (Å²) in [5, 5.41) is 6.68. The predicted octanol–water partition coefficient (Wildman–Crippen LogP) is 2.99. The molecule has 0 aliphatic rings. The number of methoxy groups -OCH3 is 1. The smallest absolute Gasteiger partial charge is 0.267 e. The zero-order valence-electron chi connectivity index (χ0n) is 17.0. The van der Waals surface area contributed by atoms with Crippen LogP contribution in [0.25, 0.3) is 0 Å². The van der Waals surface area contributed by atoms with Crippen LogP contribution < -0.4 is 15.6 Å². The molecule has 0 saturated carbocycles. The lowest BCUT2D eigenvalue weighted by atomic mass is 10.2. The number of ether oxygens (including phenoxy) is 1. The SMILES string of the molecule is COc1cc(Cl)c(C)cc1NC(=O)Cn1nc(S(=O)(=O)c2ccc(C)cc2)ccc1=O. The first-order chi connectivity index (χ1) is 14.6. The fraction of sp³-hybridized carbons (Fsp3) is 0.190. The van der Waals surface area contributed by atoms with Gasteiger partial charge in [0, 0.05) is 17.2 Å². The molecule has 0 unspecified atom stereocenters. The van der Waals surface area contributed by atoms with Crippen molar-refractivity contribution in [2.45, 2.75) is 30.3 Å². The van der Waals surface area contributed by atoms with E-state index >= 15 is 0 Å². The van der Waals surface area contributed by atoms with E-state index < -0.39 is 27.8 Å². The molecule has 0 saturated heterocycles. The van der Waals surface area contributed by atoms with Gasteiger partial charge in [-0.05, 0) is 43.7 Å². The molecule has 3 rings (SSSR count). The predicted molar refractivity (Wildman–Crippen MR) is 116 cm³/mol. The second kappa shape index (κ2) is 8.91. The van der Waals surface area contributed by atoms with Crippen LogP contribution in [0.4, 0.5) is 5.69 Å². The van der Waals surface area contributed by atoms with Crippen LogP contribution in [0.15, 0.2) is 63.2 Å². The van der Waals surface area contributed by atoms with Gasteiger partial charge in [0.1, 0.15) is 12.3 Å². The maximum absolute atomic E-state index is 12.8. The first kappa shape index (κ1) is 22.5. The van der Waals surface area contributed by atoms with Crippen molar-refractivity contribution in [1.82, 2.24) is 9.78 Å².